The number of rotatable bonds is 3. The molecule has 0 spiro atoms. The summed E-state index contributed by atoms with van der Waals surface area (Å²) in [6.07, 6.45) is 0. The van der Waals surface area contributed by atoms with E-state index in [0.29, 0.717) is 11.3 Å². The molecule has 1 unspecified atom stereocenters. The van der Waals surface area contributed by atoms with Crippen LogP contribution < -0.4 is 0 Å². The number of aromatic nitrogens is 2. The number of nitriles is 1. The first-order valence-electron chi connectivity index (χ1n) is 6.33. The first-order chi connectivity index (χ1) is 10.2. The van der Waals surface area contributed by atoms with Gasteiger partial charge in [-0.05, 0) is 36.4 Å². The zero-order chi connectivity index (χ0) is 14.8. The number of hydrogen-bond donors (Lipinski definition) is 1. The summed E-state index contributed by atoms with van der Waals surface area (Å²) in [7, 11) is 0. The third-order valence-corrected chi connectivity index (χ3v) is 3.20. The molecule has 0 aliphatic rings. The lowest BCUT2D eigenvalue weighted by Gasteiger charge is -2.05. The van der Waals surface area contributed by atoms with Gasteiger partial charge in [-0.25, -0.2) is 9.37 Å². The molecule has 0 saturated heterocycles. The Morgan fingerprint density at radius 2 is 1.90 bits per heavy atom. The molecule has 102 valence electrons. The van der Waals surface area contributed by atoms with Crippen molar-refractivity contribution >= 4 is 16.8 Å². The lowest BCUT2D eigenvalue weighted by molar-refractivity contribution is 0.0976. The van der Waals surface area contributed by atoms with Crippen LogP contribution in [0.5, 0.6) is 0 Å². The van der Waals surface area contributed by atoms with Gasteiger partial charge in [-0.1, -0.05) is 12.1 Å². The van der Waals surface area contributed by atoms with Crippen molar-refractivity contribution in [3.8, 4) is 6.07 Å². The van der Waals surface area contributed by atoms with E-state index < -0.39 is 17.5 Å². The van der Waals surface area contributed by atoms with Crippen LogP contribution in [0.1, 0.15) is 22.1 Å². The van der Waals surface area contributed by atoms with Gasteiger partial charge >= 0.3 is 0 Å². The highest BCUT2D eigenvalue weighted by Gasteiger charge is 2.25. The van der Waals surface area contributed by atoms with Gasteiger partial charge in [0.05, 0.1) is 17.1 Å². The molecule has 3 rings (SSSR count). The molecule has 0 saturated carbocycles. The van der Waals surface area contributed by atoms with Crippen LogP contribution in [-0.4, -0.2) is 15.8 Å². The van der Waals surface area contributed by atoms with E-state index in [-0.39, 0.29) is 5.56 Å². The maximum atomic E-state index is 12.9. The predicted molar refractivity (Wildman–Crippen MR) is 75.2 cm³/mol. The summed E-state index contributed by atoms with van der Waals surface area (Å²) in [6.45, 7) is 0. The average Bonchev–Trinajstić information content (AvgIpc) is 2.92. The topological polar surface area (TPSA) is 69.5 Å². The Bertz CT molecular complexity index is 813. The number of H-pyrrole nitrogens is 1. The Labute approximate surface area is 119 Å². The normalized spacial score (nSPS) is 12.0. The second kappa shape index (κ2) is 5.17. The van der Waals surface area contributed by atoms with Gasteiger partial charge in [0.1, 0.15) is 11.6 Å². The van der Waals surface area contributed by atoms with Crippen molar-refractivity contribution in [1.29, 1.82) is 5.26 Å². The molecule has 1 aromatic heterocycles. The zero-order valence-electron chi connectivity index (χ0n) is 10.9. The molecular formula is C16H10FN3O. The SMILES string of the molecule is N#CC(C(=O)c1ccc(F)cc1)c1nc2ccccc2[nH]1. The molecule has 1 atom stereocenters. The van der Waals surface area contributed by atoms with E-state index in [4.69, 9.17) is 0 Å². The van der Waals surface area contributed by atoms with Crippen LogP contribution in [0.4, 0.5) is 4.39 Å². The zero-order valence-corrected chi connectivity index (χ0v) is 10.9. The molecule has 0 fully saturated rings. The van der Waals surface area contributed by atoms with E-state index in [0.717, 1.165) is 5.52 Å². The number of carbonyl (C=O) groups is 1. The Hall–Kier alpha value is -3.00. The third-order valence-electron chi connectivity index (χ3n) is 3.20. The number of benzene rings is 2. The number of imidazole rings is 1. The van der Waals surface area contributed by atoms with Crippen molar-refractivity contribution in [3.05, 3.63) is 65.7 Å². The number of halogens is 1. The van der Waals surface area contributed by atoms with Gasteiger partial charge in [-0.2, -0.15) is 5.26 Å². The molecule has 3 aromatic rings. The van der Waals surface area contributed by atoms with E-state index in [1.165, 1.54) is 24.3 Å². The molecule has 1 N–H and O–H groups in total. The monoisotopic (exact) mass is 279 g/mol. The highest BCUT2D eigenvalue weighted by Crippen LogP contribution is 2.21. The minimum Gasteiger partial charge on any atom is -0.340 e. The number of nitrogens with zero attached hydrogens (tertiary/aromatic N) is 2. The lowest BCUT2D eigenvalue weighted by Crippen LogP contribution is -2.12. The van der Waals surface area contributed by atoms with Crippen molar-refractivity contribution in [2.45, 2.75) is 5.92 Å². The molecule has 5 heteroatoms. The molecule has 0 amide bonds. The van der Waals surface area contributed by atoms with Crippen LogP contribution >= 0.6 is 0 Å². The molecule has 4 nitrogen and oxygen atoms in total. The van der Waals surface area contributed by atoms with Gasteiger partial charge in [0.25, 0.3) is 0 Å². The number of para-hydroxylation sites is 2. The minimum atomic E-state index is -1.04. The number of carbonyl (C=O) groups excluding carboxylic acids is 1. The number of nitrogens with one attached hydrogen (secondary N) is 1. The van der Waals surface area contributed by atoms with Gasteiger partial charge in [0.15, 0.2) is 11.7 Å². The summed E-state index contributed by atoms with van der Waals surface area (Å²) in [4.78, 5) is 19.6. The average molecular weight is 279 g/mol. The van der Waals surface area contributed by atoms with E-state index in [2.05, 4.69) is 9.97 Å². The summed E-state index contributed by atoms with van der Waals surface area (Å²) in [5, 5.41) is 9.29. The Kier molecular flexibility index (Phi) is 3.20. The summed E-state index contributed by atoms with van der Waals surface area (Å²) in [6, 6.07) is 14.4. The number of ketones is 1. The summed E-state index contributed by atoms with van der Waals surface area (Å²) >= 11 is 0. The number of aromatic amines is 1. The molecule has 2 aromatic carbocycles. The summed E-state index contributed by atoms with van der Waals surface area (Å²) in [5.41, 5.74) is 1.74. The number of hydrogen-bond acceptors (Lipinski definition) is 3. The first kappa shape index (κ1) is 13.0. The van der Waals surface area contributed by atoms with Gasteiger partial charge in [-0.15, -0.1) is 0 Å². The van der Waals surface area contributed by atoms with Gasteiger partial charge < -0.3 is 4.98 Å². The standard InChI is InChI=1S/C16H10FN3O/c17-11-7-5-10(6-8-11)15(21)12(9-18)16-19-13-3-1-2-4-14(13)20-16/h1-8,12H,(H,19,20). The van der Waals surface area contributed by atoms with Crippen LogP contribution in [0.15, 0.2) is 48.5 Å². The van der Waals surface area contributed by atoms with Crippen molar-refractivity contribution < 1.29 is 9.18 Å². The Balaban J connectivity index is 1.99. The van der Waals surface area contributed by atoms with E-state index in [1.54, 1.807) is 6.07 Å². The number of fused-ring (bicyclic) bond motifs is 1. The fourth-order valence-electron chi connectivity index (χ4n) is 2.13. The minimum absolute atomic E-state index is 0.281. The van der Waals surface area contributed by atoms with E-state index in [9.17, 15) is 14.4 Å². The third kappa shape index (κ3) is 2.39. The summed E-state index contributed by atoms with van der Waals surface area (Å²) < 4.78 is 12.9. The van der Waals surface area contributed by atoms with Crippen molar-refractivity contribution in [2.75, 3.05) is 0 Å². The smallest absolute Gasteiger partial charge is 0.187 e. The molecule has 0 bridgehead atoms. The first-order valence-corrected chi connectivity index (χ1v) is 6.33. The number of Topliss-reactive ketones (excluding diaryl/α,β-unsaturated/α-hetero) is 1. The highest BCUT2D eigenvalue weighted by atomic mass is 19.1. The van der Waals surface area contributed by atoms with Crippen LogP contribution in [0, 0.1) is 17.1 Å². The van der Waals surface area contributed by atoms with Gasteiger partial charge in [0, 0.05) is 5.56 Å². The fourth-order valence-corrected chi connectivity index (χ4v) is 2.13. The molecular weight excluding hydrogens is 269 g/mol. The van der Waals surface area contributed by atoms with Gasteiger partial charge in [-0.3, -0.25) is 4.79 Å². The Morgan fingerprint density at radius 3 is 2.57 bits per heavy atom. The Morgan fingerprint density at radius 1 is 1.19 bits per heavy atom. The maximum absolute atomic E-state index is 12.9. The fraction of sp³-hybridized carbons (Fsp3) is 0.0625. The van der Waals surface area contributed by atoms with E-state index in [1.807, 2.05) is 24.3 Å². The largest absolute Gasteiger partial charge is 0.340 e. The van der Waals surface area contributed by atoms with Crippen LogP contribution in [0.25, 0.3) is 11.0 Å². The van der Waals surface area contributed by atoms with Crippen molar-refractivity contribution in [2.24, 2.45) is 0 Å². The van der Waals surface area contributed by atoms with Crippen LogP contribution in [0.3, 0.4) is 0 Å². The van der Waals surface area contributed by atoms with E-state index >= 15 is 0 Å². The molecule has 1 heterocycles. The predicted octanol–water partition coefficient (Wildman–Crippen LogP) is 3.19. The van der Waals surface area contributed by atoms with Gasteiger partial charge in [0.2, 0.25) is 0 Å². The highest BCUT2D eigenvalue weighted by molar-refractivity contribution is 6.02. The summed E-state index contributed by atoms with van der Waals surface area (Å²) in [5.74, 6) is -1.57. The molecule has 0 aliphatic heterocycles. The van der Waals surface area contributed by atoms with Crippen LogP contribution in [0.2, 0.25) is 0 Å². The molecule has 0 aliphatic carbocycles. The van der Waals surface area contributed by atoms with Crippen molar-refractivity contribution in [1.82, 2.24) is 9.97 Å². The molecule has 0 radical (unpaired) electrons. The lowest BCUT2D eigenvalue weighted by atomic mass is 9.98. The van der Waals surface area contributed by atoms with Crippen molar-refractivity contribution in [3.63, 3.8) is 0 Å². The molecule has 21 heavy (non-hydrogen) atoms. The van der Waals surface area contributed by atoms with Crippen LogP contribution in [-0.2, 0) is 0 Å². The second-order valence-electron chi connectivity index (χ2n) is 4.57. The quantitative estimate of drug-likeness (QED) is 0.748. The second-order valence-corrected chi connectivity index (χ2v) is 4.57. The maximum Gasteiger partial charge on any atom is 0.187 e.